The van der Waals surface area contributed by atoms with Crippen LogP contribution in [0.1, 0.15) is 5.69 Å². The van der Waals surface area contributed by atoms with E-state index in [1.165, 1.54) is 0 Å². The van der Waals surface area contributed by atoms with Crippen LogP contribution in [0, 0.1) is 0 Å². The average molecular weight is 227 g/mol. The molecule has 3 rings (SSSR count). The number of H-pyrrole nitrogens is 1. The lowest BCUT2D eigenvalue weighted by Crippen LogP contribution is -2.05. The Morgan fingerprint density at radius 2 is 2.29 bits per heavy atom. The summed E-state index contributed by atoms with van der Waals surface area (Å²) in [4.78, 5) is 0. The second-order valence-corrected chi connectivity index (χ2v) is 3.97. The molecule has 5 nitrogen and oxygen atoms in total. The molecule has 86 valence electrons. The molecule has 0 spiro atoms. The summed E-state index contributed by atoms with van der Waals surface area (Å²) in [6.07, 6.45) is 3.63. The summed E-state index contributed by atoms with van der Waals surface area (Å²) < 4.78 is 1.86. The molecule has 0 bridgehead atoms. The fraction of sp³-hybridized carbons (Fsp3) is 0.167. The highest BCUT2D eigenvalue weighted by Crippen LogP contribution is 2.17. The summed E-state index contributed by atoms with van der Waals surface area (Å²) in [5, 5.41) is 15.5. The van der Waals surface area contributed by atoms with Crippen molar-refractivity contribution in [3.63, 3.8) is 0 Å². The van der Waals surface area contributed by atoms with Crippen LogP contribution >= 0.6 is 0 Å². The molecular formula is C12H13N5. The predicted octanol–water partition coefficient (Wildman–Crippen LogP) is 1.91. The third-order valence-electron chi connectivity index (χ3n) is 2.84. The molecule has 3 aromatic rings. The van der Waals surface area contributed by atoms with Gasteiger partial charge in [0.1, 0.15) is 0 Å². The fourth-order valence-corrected chi connectivity index (χ4v) is 1.82. The number of fused-ring (bicyclic) bond motifs is 1. The van der Waals surface area contributed by atoms with Crippen LogP contribution in [-0.4, -0.2) is 20.0 Å². The van der Waals surface area contributed by atoms with Gasteiger partial charge in [0.05, 0.1) is 24.0 Å². The minimum absolute atomic E-state index is 0.764. The van der Waals surface area contributed by atoms with Crippen LogP contribution in [0.4, 0.5) is 5.69 Å². The van der Waals surface area contributed by atoms with Gasteiger partial charge in [-0.3, -0.25) is 9.78 Å². The standard InChI is InChI=1S/C12H13N5/c1-17-11(4-5-15-17)8-13-10-2-3-12-9(6-10)7-14-16-12/h2-7,13H,8H2,1H3,(H,14,16). The first-order valence-corrected chi connectivity index (χ1v) is 5.47. The van der Waals surface area contributed by atoms with Gasteiger partial charge in [0.2, 0.25) is 0 Å². The molecule has 0 amide bonds. The Hall–Kier alpha value is -2.30. The summed E-state index contributed by atoms with van der Waals surface area (Å²) in [6, 6.07) is 8.14. The van der Waals surface area contributed by atoms with Crippen molar-refractivity contribution in [2.24, 2.45) is 7.05 Å². The molecule has 0 unspecified atom stereocenters. The minimum atomic E-state index is 0.764. The number of aryl methyl sites for hydroxylation is 1. The quantitative estimate of drug-likeness (QED) is 0.718. The molecule has 0 aliphatic rings. The number of benzene rings is 1. The number of anilines is 1. The van der Waals surface area contributed by atoms with Crippen molar-refractivity contribution >= 4 is 16.6 Å². The first-order valence-electron chi connectivity index (χ1n) is 5.47. The molecule has 0 atom stereocenters. The second-order valence-electron chi connectivity index (χ2n) is 3.97. The number of aromatic amines is 1. The molecule has 2 aromatic heterocycles. The van der Waals surface area contributed by atoms with Crippen LogP contribution in [0.15, 0.2) is 36.7 Å². The molecule has 2 N–H and O–H groups in total. The molecular weight excluding hydrogens is 214 g/mol. The van der Waals surface area contributed by atoms with Gasteiger partial charge in [0, 0.05) is 24.3 Å². The average Bonchev–Trinajstić information content (AvgIpc) is 2.94. The van der Waals surface area contributed by atoms with E-state index in [1.807, 2.05) is 36.1 Å². The largest absolute Gasteiger partial charge is 0.379 e. The highest BCUT2D eigenvalue weighted by atomic mass is 15.3. The van der Waals surface area contributed by atoms with Crippen LogP contribution in [0.3, 0.4) is 0 Å². The van der Waals surface area contributed by atoms with Gasteiger partial charge < -0.3 is 5.32 Å². The zero-order valence-electron chi connectivity index (χ0n) is 9.51. The van der Waals surface area contributed by atoms with Gasteiger partial charge in [-0.25, -0.2) is 0 Å². The van der Waals surface area contributed by atoms with E-state index in [2.05, 4.69) is 26.7 Å². The van der Waals surface area contributed by atoms with E-state index in [0.29, 0.717) is 0 Å². The summed E-state index contributed by atoms with van der Waals surface area (Å²) >= 11 is 0. The second kappa shape index (κ2) is 3.93. The van der Waals surface area contributed by atoms with Crippen LogP contribution < -0.4 is 5.32 Å². The lowest BCUT2D eigenvalue weighted by Gasteiger charge is -2.06. The third kappa shape index (κ3) is 1.87. The van der Waals surface area contributed by atoms with Crippen molar-refractivity contribution in [3.05, 3.63) is 42.4 Å². The molecule has 0 radical (unpaired) electrons. The number of aromatic nitrogens is 4. The van der Waals surface area contributed by atoms with Gasteiger partial charge in [0.15, 0.2) is 0 Å². The lowest BCUT2D eigenvalue weighted by molar-refractivity contribution is 0.720. The number of hydrogen-bond acceptors (Lipinski definition) is 3. The maximum atomic E-state index is 4.13. The van der Waals surface area contributed by atoms with Gasteiger partial charge in [-0.2, -0.15) is 10.2 Å². The molecule has 0 fully saturated rings. The van der Waals surface area contributed by atoms with Crippen LogP contribution in [0.25, 0.3) is 10.9 Å². The van der Waals surface area contributed by atoms with E-state index in [0.717, 1.165) is 28.8 Å². The van der Waals surface area contributed by atoms with Crippen molar-refractivity contribution < 1.29 is 0 Å². The fourth-order valence-electron chi connectivity index (χ4n) is 1.82. The molecule has 0 saturated carbocycles. The maximum Gasteiger partial charge on any atom is 0.0651 e. The maximum absolute atomic E-state index is 4.13. The summed E-state index contributed by atoms with van der Waals surface area (Å²) in [5.74, 6) is 0. The Morgan fingerprint density at radius 3 is 3.12 bits per heavy atom. The zero-order chi connectivity index (χ0) is 11.7. The zero-order valence-corrected chi connectivity index (χ0v) is 9.51. The Bertz CT molecular complexity index is 637. The van der Waals surface area contributed by atoms with E-state index in [9.17, 15) is 0 Å². The van der Waals surface area contributed by atoms with Gasteiger partial charge >= 0.3 is 0 Å². The predicted molar refractivity (Wildman–Crippen MR) is 66.6 cm³/mol. The number of nitrogens with zero attached hydrogens (tertiary/aromatic N) is 3. The van der Waals surface area contributed by atoms with Crippen molar-refractivity contribution in [3.8, 4) is 0 Å². The molecule has 0 saturated heterocycles. The van der Waals surface area contributed by atoms with E-state index < -0.39 is 0 Å². The third-order valence-corrected chi connectivity index (χ3v) is 2.84. The summed E-state index contributed by atoms with van der Waals surface area (Å²) in [7, 11) is 1.94. The summed E-state index contributed by atoms with van der Waals surface area (Å²) in [6.45, 7) is 0.764. The van der Waals surface area contributed by atoms with E-state index in [4.69, 9.17) is 0 Å². The number of hydrogen-bond donors (Lipinski definition) is 2. The molecule has 1 aromatic carbocycles. The first-order chi connectivity index (χ1) is 8.33. The van der Waals surface area contributed by atoms with Gasteiger partial charge in [-0.1, -0.05) is 0 Å². The monoisotopic (exact) mass is 227 g/mol. The first kappa shape index (κ1) is 9.89. The topological polar surface area (TPSA) is 58.5 Å². The SMILES string of the molecule is Cn1nccc1CNc1ccc2[nH]ncc2c1. The Kier molecular flexibility index (Phi) is 2.29. The van der Waals surface area contributed by atoms with Crippen molar-refractivity contribution in [1.82, 2.24) is 20.0 Å². The van der Waals surface area contributed by atoms with E-state index >= 15 is 0 Å². The van der Waals surface area contributed by atoms with Crippen molar-refractivity contribution in [2.45, 2.75) is 6.54 Å². The molecule has 2 heterocycles. The number of nitrogens with one attached hydrogen (secondary N) is 2. The van der Waals surface area contributed by atoms with Crippen molar-refractivity contribution in [2.75, 3.05) is 5.32 Å². The van der Waals surface area contributed by atoms with Gasteiger partial charge in [-0.15, -0.1) is 0 Å². The highest BCUT2D eigenvalue weighted by Gasteiger charge is 2.00. The van der Waals surface area contributed by atoms with E-state index in [-0.39, 0.29) is 0 Å². The smallest absolute Gasteiger partial charge is 0.0651 e. The highest BCUT2D eigenvalue weighted by molar-refractivity contribution is 5.81. The minimum Gasteiger partial charge on any atom is -0.379 e. The van der Waals surface area contributed by atoms with Gasteiger partial charge in [0.25, 0.3) is 0 Å². The Balaban J connectivity index is 1.78. The van der Waals surface area contributed by atoms with Crippen LogP contribution in [0.5, 0.6) is 0 Å². The Morgan fingerprint density at radius 1 is 1.35 bits per heavy atom. The van der Waals surface area contributed by atoms with Crippen LogP contribution in [-0.2, 0) is 13.6 Å². The van der Waals surface area contributed by atoms with E-state index in [1.54, 1.807) is 6.20 Å². The molecule has 0 aliphatic heterocycles. The summed E-state index contributed by atoms with van der Waals surface area (Å²) in [5.41, 5.74) is 3.29. The van der Waals surface area contributed by atoms with Crippen molar-refractivity contribution in [1.29, 1.82) is 0 Å². The number of rotatable bonds is 3. The normalized spacial score (nSPS) is 10.9. The van der Waals surface area contributed by atoms with Crippen LogP contribution in [0.2, 0.25) is 0 Å². The Labute approximate surface area is 98.5 Å². The molecule has 0 aliphatic carbocycles. The van der Waals surface area contributed by atoms with Gasteiger partial charge in [-0.05, 0) is 24.3 Å². The lowest BCUT2D eigenvalue weighted by atomic mass is 10.2. The molecule has 5 heteroatoms. The molecule has 17 heavy (non-hydrogen) atoms.